The van der Waals surface area contributed by atoms with Crippen LogP contribution in [0, 0.1) is 0 Å². The van der Waals surface area contributed by atoms with Crippen molar-refractivity contribution in [1.82, 2.24) is 5.32 Å². The highest BCUT2D eigenvalue weighted by Gasteiger charge is 2.26. The van der Waals surface area contributed by atoms with E-state index in [2.05, 4.69) is 5.32 Å². The van der Waals surface area contributed by atoms with E-state index in [1.54, 1.807) is 12.3 Å². The zero-order valence-electron chi connectivity index (χ0n) is 10.6. The lowest BCUT2D eigenvalue weighted by Crippen LogP contribution is -2.16. The average molecular weight is 277 g/mol. The predicted octanol–water partition coefficient (Wildman–Crippen LogP) is 3.39. The van der Waals surface area contributed by atoms with E-state index in [0.717, 1.165) is 11.3 Å². The van der Waals surface area contributed by atoms with Crippen LogP contribution < -0.4 is 5.32 Å². The minimum absolute atomic E-state index is 0.00297. The van der Waals surface area contributed by atoms with Crippen molar-refractivity contribution in [1.29, 1.82) is 0 Å². The number of alkyl halides is 3. The molecule has 1 saturated carbocycles. The molecule has 0 aromatic carbocycles. The highest BCUT2D eigenvalue weighted by molar-refractivity contribution is 5.16. The molecule has 1 aromatic rings. The maximum Gasteiger partial charge on any atom is 0.389 e. The Hall–Kier alpha value is -1.01. The topological polar surface area (TPSA) is 34.4 Å². The number of furan rings is 1. The molecule has 0 saturated heterocycles. The molecule has 1 fully saturated rings. The molecule has 1 heterocycles. The molecule has 1 N–H and O–H groups in total. The lowest BCUT2D eigenvalue weighted by molar-refractivity contribution is -0.138. The van der Waals surface area contributed by atoms with Gasteiger partial charge in [-0.15, -0.1) is 0 Å². The van der Waals surface area contributed by atoms with Crippen LogP contribution in [0.25, 0.3) is 0 Å². The van der Waals surface area contributed by atoms with Crippen LogP contribution >= 0.6 is 0 Å². The highest BCUT2D eigenvalue weighted by Crippen LogP contribution is 2.22. The molecule has 0 radical (unpaired) electrons. The molecule has 3 nitrogen and oxygen atoms in total. The Labute approximate surface area is 110 Å². The summed E-state index contributed by atoms with van der Waals surface area (Å²) >= 11 is 0. The molecule has 108 valence electrons. The van der Waals surface area contributed by atoms with Crippen molar-refractivity contribution in [3.05, 3.63) is 23.7 Å². The summed E-state index contributed by atoms with van der Waals surface area (Å²) in [6, 6.07) is 2.39. The van der Waals surface area contributed by atoms with E-state index >= 15 is 0 Å². The number of hydrogen-bond acceptors (Lipinski definition) is 3. The first kappa shape index (κ1) is 14.4. The Kier molecular flexibility index (Phi) is 4.87. The number of nitrogens with one attached hydrogen (secondary N) is 1. The molecule has 0 unspecified atom stereocenters. The van der Waals surface area contributed by atoms with E-state index in [-0.39, 0.29) is 13.0 Å². The molecule has 2 rings (SSSR count). The van der Waals surface area contributed by atoms with E-state index in [9.17, 15) is 13.2 Å². The van der Waals surface area contributed by atoms with Crippen LogP contribution in [0.5, 0.6) is 0 Å². The Morgan fingerprint density at radius 2 is 2.16 bits per heavy atom. The number of hydrogen-bond donors (Lipinski definition) is 1. The van der Waals surface area contributed by atoms with Crippen molar-refractivity contribution >= 4 is 0 Å². The van der Waals surface area contributed by atoms with Gasteiger partial charge in [0, 0.05) is 24.6 Å². The first-order chi connectivity index (χ1) is 9.04. The molecule has 0 spiro atoms. The highest BCUT2D eigenvalue weighted by atomic mass is 19.4. The quantitative estimate of drug-likeness (QED) is 0.740. The summed E-state index contributed by atoms with van der Waals surface area (Å²) < 4.78 is 46.4. The van der Waals surface area contributed by atoms with Gasteiger partial charge >= 0.3 is 6.18 Å². The third-order valence-corrected chi connectivity index (χ3v) is 2.97. The molecule has 0 bridgehead atoms. The molecule has 0 atom stereocenters. The number of halogens is 3. The van der Waals surface area contributed by atoms with Crippen LogP contribution in [-0.4, -0.2) is 18.8 Å². The van der Waals surface area contributed by atoms with E-state index in [4.69, 9.17) is 9.15 Å². The molecular weight excluding hydrogens is 259 g/mol. The summed E-state index contributed by atoms with van der Waals surface area (Å²) in [6.07, 6.45) is -0.921. The van der Waals surface area contributed by atoms with Gasteiger partial charge in [0.05, 0.1) is 19.4 Å². The third kappa shape index (κ3) is 5.65. The van der Waals surface area contributed by atoms with Crippen LogP contribution in [0.15, 0.2) is 16.7 Å². The Bertz CT molecular complexity index is 385. The second-order valence-corrected chi connectivity index (χ2v) is 4.80. The van der Waals surface area contributed by atoms with Gasteiger partial charge in [0.15, 0.2) is 0 Å². The Morgan fingerprint density at radius 1 is 1.37 bits per heavy atom. The SMILES string of the molecule is FC(F)(F)CCCOCc1ccoc1CNC1CC1. The van der Waals surface area contributed by atoms with Crippen LogP contribution in [0.2, 0.25) is 0 Å². The molecule has 1 aliphatic rings. The lowest BCUT2D eigenvalue weighted by atomic mass is 10.2. The van der Waals surface area contributed by atoms with Gasteiger partial charge in [-0.25, -0.2) is 0 Å². The van der Waals surface area contributed by atoms with E-state index < -0.39 is 12.6 Å². The van der Waals surface area contributed by atoms with Crippen molar-refractivity contribution in [2.24, 2.45) is 0 Å². The molecule has 1 aliphatic carbocycles. The number of ether oxygens (including phenoxy) is 1. The van der Waals surface area contributed by atoms with E-state index in [1.165, 1.54) is 12.8 Å². The van der Waals surface area contributed by atoms with Gasteiger partial charge in [-0.1, -0.05) is 0 Å². The minimum Gasteiger partial charge on any atom is -0.468 e. The average Bonchev–Trinajstić information content (AvgIpc) is 3.05. The predicted molar refractivity (Wildman–Crippen MR) is 63.5 cm³/mol. The van der Waals surface area contributed by atoms with Crippen molar-refractivity contribution in [2.75, 3.05) is 6.61 Å². The van der Waals surface area contributed by atoms with Gasteiger partial charge in [0.25, 0.3) is 0 Å². The first-order valence-electron chi connectivity index (χ1n) is 6.48. The maximum atomic E-state index is 11.9. The van der Waals surface area contributed by atoms with Crippen LogP contribution in [0.4, 0.5) is 13.2 Å². The molecule has 19 heavy (non-hydrogen) atoms. The van der Waals surface area contributed by atoms with E-state index in [1.807, 2.05) is 0 Å². The number of rotatable bonds is 8. The van der Waals surface area contributed by atoms with Gasteiger partial charge in [0.2, 0.25) is 0 Å². The summed E-state index contributed by atoms with van der Waals surface area (Å²) in [7, 11) is 0. The van der Waals surface area contributed by atoms with Gasteiger partial charge in [-0.05, 0) is 25.3 Å². The van der Waals surface area contributed by atoms with Crippen molar-refractivity contribution < 1.29 is 22.3 Å². The second kappa shape index (κ2) is 6.43. The van der Waals surface area contributed by atoms with Crippen molar-refractivity contribution in [2.45, 2.75) is 51.1 Å². The zero-order chi connectivity index (χ0) is 13.7. The van der Waals surface area contributed by atoms with Crippen LogP contribution in [-0.2, 0) is 17.9 Å². The smallest absolute Gasteiger partial charge is 0.389 e. The molecular formula is C13H18F3NO2. The minimum atomic E-state index is -4.10. The largest absolute Gasteiger partial charge is 0.468 e. The van der Waals surface area contributed by atoms with Gasteiger partial charge < -0.3 is 14.5 Å². The molecule has 6 heteroatoms. The normalized spacial score (nSPS) is 15.9. The second-order valence-electron chi connectivity index (χ2n) is 4.80. The first-order valence-corrected chi connectivity index (χ1v) is 6.48. The molecule has 0 amide bonds. The third-order valence-electron chi connectivity index (χ3n) is 2.97. The summed E-state index contributed by atoms with van der Waals surface area (Å²) in [6.45, 7) is 1.06. The lowest BCUT2D eigenvalue weighted by Gasteiger charge is -2.07. The molecule has 0 aliphatic heterocycles. The zero-order valence-corrected chi connectivity index (χ0v) is 10.6. The van der Waals surface area contributed by atoms with Gasteiger partial charge in [-0.3, -0.25) is 0 Å². The summed E-state index contributed by atoms with van der Waals surface area (Å²) in [5, 5.41) is 3.32. The van der Waals surface area contributed by atoms with Crippen LogP contribution in [0.3, 0.4) is 0 Å². The summed E-state index contributed by atoms with van der Waals surface area (Å²) in [5.74, 6) is 0.808. The fourth-order valence-corrected chi connectivity index (χ4v) is 1.73. The Balaban J connectivity index is 1.63. The maximum absolute atomic E-state index is 11.9. The fourth-order valence-electron chi connectivity index (χ4n) is 1.73. The van der Waals surface area contributed by atoms with Crippen LogP contribution in [0.1, 0.15) is 37.0 Å². The van der Waals surface area contributed by atoms with Gasteiger partial charge in [-0.2, -0.15) is 13.2 Å². The molecule has 1 aromatic heterocycles. The van der Waals surface area contributed by atoms with Crippen molar-refractivity contribution in [3.8, 4) is 0 Å². The standard InChI is InChI=1S/C13H18F3NO2/c14-13(15,16)5-1-6-18-9-10-4-7-19-12(10)8-17-11-2-3-11/h4,7,11,17H,1-3,5-6,8-9H2. The Morgan fingerprint density at radius 3 is 2.84 bits per heavy atom. The summed E-state index contributed by atoms with van der Waals surface area (Å²) in [5.41, 5.74) is 0.903. The van der Waals surface area contributed by atoms with Crippen molar-refractivity contribution in [3.63, 3.8) is 0 Å². The van der Waals surface area contributed by atoms with E-state index in [0.29, 0.717) is 19.2 Å². The summed E-state index contributed by atoms with van der Waals surface area (Å²) in [4.78, 5) is 0. The monoisotopic (exact) mass is 277 g/mol. The fraction of sp³-hybridized carbons (Fsp3) is 0.692. The van der Waals surface area contributed by atoms with Gasteiger partial charge in [0.1, 0.15) is 5.76 Å².